The SMILES string of the molecule is CC(C)(C)C(=O)Nc1ccc(C(=O)NCCNC(=O)Nc2ccc(OC(F)(F)F)cc2)cc1. The molecular weight excluding hydrogens is 441 g/mol. The van der Waals surface area contributed by atoms with Crippen molar-refractivity contribution in [3.8, 4) is 5.75 Å². The zero-order chi connectivity index (χ0) is 24.6. The second-order valence-electron chi connectivity index (χ2n) is 7.99. The molecule has 4 N–H and O–H groups in total. The topological polar surface area (TPSA) is 109 Å². The second kappa shape index (κ2) is 10.7. The fourth-order valence-corrected chi connectivity index (χ4v) is 2.39. The maximum absolute atomic E-state index is 12.2. The molecule has 33 heavy (non-hydrogen) atoms. The second-order valence-corrected chi connectivity index (χ2v) is 7.99. The van der Waals surface area contributed by atoms with E-state index in [0.717, 1.165) is 12.1 Å². The molecule has 0 bridgehead atoms. The van der Waals surface area contributed by atoms with Gasteiger partial charge in [-0.3, -0.25) is 9.59 Å². The maximum Gasteiger partial charge on any atom is 0.573 e. The zero-order valence-electron chi connectivity index (χ0n) is 18.3. The summed E-state index contributed by atoms with van der Waals surface area (Å²) in [5, 5.41) is 10.4. The van der Waals surface area contributed by atoms with Gasteiger partial charge in [-0.05, 0) is 48.5 Å². The Labute approximate surface area is 188 Å². The van der Waals surface area contributed by atoms with E-state index in [1.807, 2.05) is 0 Å². The van der Waals surface area contributed by atoms with Crippen molar-refractivity contribution in [2.45, 2.75) is 27.1 Å². The van der Waals surface area contributed by atoms with Gasteiger partial charge in [-0.2, -0.15) is 0 Å². The van der Waals surface area contributed by atoms with E-state index >= 15 is 0 Å². The minimum absolute atomic E-state index is 0.118. The molecule has 4 amide bonds. The molecule has 178 valence electrons. The number of amides is 4. The van der Waals surface area contributed by atoms with Crippen LogP contribution < -0.4 is 26.0 Å². The first kappa shape index (κ1) is 25.5. The van der Waals surface area contributed by atoms with E-state index in [9.17, 15) is 27.6 Å². The van der Waals surface area contributed by atoms with E-state index in [4.69, 9.17) is 0 Å². The highest BCUT2D eigenvalue weighted by atomic mass is 19.4. The average Bonchev–Trinajstić information content (AvgIpc) is 2.71. The van der Waals surface area contributed by atoms with Crippen LogP contribution in [-0.4, -0.2) is 37.3 Å². The Morgan fingerprint density at radius 3 is 1.85 bits per heavy atom. The average molecular weight is 466 g/mol. The number of anilines is 2. The van der Waals surface area contributed by atoms with Gasteiger partial charge in [0.25, 0.3) is 5.91 Å². The number of alkyl halides is 3. The normalized spacial score (nSPS) is 11.3. The molecule has 8 nitrogen and oxygen atoms in total. The number of benzene rings is 2. The van der Waals surface area contributed by atoms with E-state index < -0.39 is 23.6 Å². The van der Waals surface area contributed by atoms with Crippen LogP contribution in [-0.2, 0) is 4.79 Å². The number of rotatable bonds is 7. The minimum atomic E-state index is -4.79. The van der Waals surface area contributed by atoms with Gasteiger partial charge in [0.15, 0.2) is 0 Å². The molecule has 0 saturated carbocycles. The first-order chi connectivity index (χ1) is 15.3. The third-order valence-corrected chi connectivity index (χ3v) is 4.13. The van der Waals surface area contributed by atoms with Crippen molar-refractivity contribution in [3.63, 3.8) is 0 Å². The van der Waals surface area contributed by atoms with E-state index in [2.05, 4.69) is 26.0 Å². The fraction of sp³-hybridized carbons (Fsp3) is 0.318. The number of hydrogen-bond acceptors (Lipinski definition) is 4. The van der Waals surface area contributed by atoms with E-state index in [1.165, 1.54) is 12.1 Å². The van der Waals surface area contributed by atoms with Crippen LogP contribution in [0.4, 0.5) is 29.3 Å². The molecule has 11 heteroatoms. The number of carbonyl (C=O) groups is 3. The van der Waals surface area contributed by atoms with Crippen LogP contribution in [0, 0.1) is 5.41 Å². The largest absolute Gasteiger partial charge is 0.573 e. The Hall–Kier alpha value is -3.76. The minimum Gasteiger partial charge on any atom is -0.406 e. The van der Waals surface area contributed by atoms with Gasteiger partial charge in [0, 0.05) is 35.4 Å². The summed E-state index contributed by atoms with van der Waals surface area (Å²) in [5.41, 5.74) is 0.683. The predicted molar refractivity (Wildman–Crippen MR) is 117 cm³/mol. The van der Waals surface area contributed by atoms with Crippen LogP contribution in [0.2, 0.25) is 0 Å². The van der Waals surface area contributed by atoms with Gasteiger partial charge in [-0.25, -0.2) is 4.79 Å². The summed E-state index contributed by atoms with van der Waals surface area (Å²) >= 11 is 0. The molecule has 0 radical (unpaired) electrons. The lowest BCUT2D eigenvalue weighted by molar-refractivity contribution is -0.274. The third kappa shape index (κ3) is 9.09. The number of carbonyl (C=O) groups excluding carboxylic acids is 3. The quantitative estimate of drug-likeness (QED) is 0.460. The van der Waals surface area contributed by atoms with Crippen LogP contribution in [0.15, 0.2) is 48.5 Å². The van der Waals surface area contributed by atoms with Gasteiger partial charge in [-0.15, -0.1) is 13.2 Å². The van der Waals surface area contributed by atoms with Gasteiger partial charge >= 0.3 is 12.4 Å². The molecule has 0 aliphatic carbocycles. The lowest BCUT2D eigenvalue weighted by Crippen LogP contribution is -2.36. The summed E-state index contributed by atoms with van der Waals surface area (Å²) in [6, 6.07) is 10.5. The van der Waals surface area contributed by atoms with Crippen molar-refractivity contribution < 1.29 is 32.3 Å². The molecule has 0 aliphatic rings. The van der Waals surface area contributed by atoms with E-state index in [-0.39, 0.29) is 30.6 Å². The number of hydrogen-bond donors (Lipinski definition) is 4. The standard InChI is InChI=1S/C22H25F3N4O4/c1-21(2,3)19(31)28-15-6-4-14(5-7-15)18(30)26-12-13-27-20(32)29-16-8-10-17(11-9-16)33-22(23,24)25/h4-11H,12-13H2,1-3H3,(H,26,30)(H,28,31)(H2,27,29,32). The number of urea groups is 1. The molecule has 2 aromatic carbocycles. The van der Waals surface area contributed by atoms with Crippen LogP contribution in [0.5, 0.6) is 5.75 Å². The van der Waals surface area contributed by atoms with Gasteiger partial charge in [-0.1, -0.05) is 20.8 Å². The Balaban J connectivity index is 1.72. The van der Waals surface area contributed by atoms with Crippen molar-refractivity contribution in [2.75, 3.05) is 23.7 Å². The molecular formula is C22H25F3N4O4. The van der Waals surface area contributed by atoms with Crippen molar-refractivity contribution in [1.29, 1.82) is 0 Å². The van der Waals surface area contributed by atoms with E-state index in [0.29, 0.717) is 11.3 Å². The molecule has 0 atom stereocenters. The summed E-state index contributed by atoms with van der Waals surface area (Å²) in [6.45, 7) is 5.64. The summed E-state index contributed by atoms with van der Waals surface area (Å²) in [7, 11) is 0. The zero-order valence-corrected chi connectivity index (χ0v) is 18.3. The van der Waals surface area contributed by atoms with Crippen molar-refractivity contribution in [3.05, 3.63) is 54.1 Å². The first-order valence-corrected chi connectivity index (χ1v) is 9.94. The molecule has 0 unspecified atom stereocenters. The molecule has 0 aromatic heterocycles. The molecule has 0 saturated heterocycles. The Morgan fingerprint density at radius 1 is 0.788 bits per heavy atom. The molecule has 0 fully saturated rings. The van der Waals surface area contributed by atoms with Crippen LogP contribution in [0.1, 0.15) is 31.1 Å². The number of halogens is 3. The third-order valence-electron chi connectivity index (χ3n) is 4.13. The molecule has 2 rings (SSSR count). The lowest BCUT2D eigenvalue weighted by Gasteiger charge is -2.17. The highest BCUT2D eigenvalue weighted by Gasteiger charge is 2.31. The Bertz CT molecular complexity index is 969. The highest BCUT2D eigenvalue weighted by molar-refractivity contribution is 5.97. The predicted octanol–water partition coefficient (Wildman–Crippen LogP) is 4.12. The van der Waals surface area contributed by atoms with Gasteiger partial charge in [0.05, 0.1) is 0 Å². The molecule has 0 heterocycles. The van der Waals surface area contributed by atoms with Crippen molar-refractivity contribution >= 4 is 29.2 Å². The maximum atomic E-state index is 12.2. The fourth-order valence-electron chi connectivity index (χ4n) is 2.39. The van der Waals surface area contributed by atoms with Crippen molar-refractivity contribution in [1.82, 2.24) is 10.6 Å². The van der Waals surface area contributed by atoms with E-state index in [1.54, 1.807) is 45.0 Å². The summed E-state index contributed by atoms with van der Waals surface area (Å²) in [4.78, 5) is 36.0. The van der Waals surface area contributed by atoms with Crippen LogP contribution in [0.3, 0.4) is 0 Å². The molecule has 0 aliphatic heterocycles. The molecule has 2 aromatic rings. The van der Waals surface area contributed by atoms with Crippen molar-refractivity contribution in [2.24, 2.45) is 5.41 Å². The monoisotopic (exact) mass is 466 g/mol. The van der Waals surface area contributed by atoms with Crippen LogP contribution >= 0.6 is 0 Å². The molecule has 0 spiro atoms. The smallest absolute Gasteiger partial charge is 0.406 e. The Kier molecular flexibility index (Phi) is 8.27. The summed E-state index contributed by atoms with van der Waals surface area (Å²) in [6.07, 6.45) is -4.79. The Morgan fingerprint density at radius 2 is 1.30 bits per heavy atom. The first-order valence-electron chi connectivity index (χ1n) is 9.94. The van der Waals surface area contributed by atoms with Crippen LogP contribution in [0.25, 0.3) is 0 Å². The number of nitrogens with one attached hydrogen (secondary N) is 4. The summed E-state index contributed by atoms with van der Waals surface area (Å²) < 4.78 is 40.2. The highest BCUT2D eigenvalue weighted by Crippen LogP contribution is 2.24. The number of ether oxygens (including phenoxy) is 1. The lowest BCUT2D eigenvalue weighted by atomic mass is 9.95. The van der Waals surface area contributed by atoms with Gasteiger partial charge < -0.3 is 26.0 Å². The van der Waals surface area contributed by atoms with Gasteiger partial charge in [0.1, 0.15) is 5.75 Å². The summed E-state index contributed by atoms with van der Waals surface area (Å²) in [5.74, 6) is -0.901. The van der Waals surface area contributed by atoms with Gasteiger partial charge in [0.2, 0.25) is 5.91 Å².